The fraction of sp³-hybridized carbons (Fsp3) is 0.263. The van der Waals surface area contributed by atoms with Gasteiger partial charge in [-0.05, 0) is 30.3 Å². The van der Waals surface area contributed by atoms with E-state index < -0.39 is 0 Å². The van der Waals surface area contributed by atoms with Crippen LogP contribution < -0.4 is 14.8 Å². The van der Waals surface area contributed by atoms with Crippen molar-refractivity contribution in [1.29, 1.82) is 0 Å². The van der Waals surface area contributed by atoms with Gasteiger partial charge in [0.05, 0.1) is 19.1 Å². The van der Waals surface area contributed by atoms with Crippen LogP contribution in [0.2, 0.25) is 0 Å². The molecule has 2 aromatic heterocycles. The lowest BCUT2D eigenvalue weighted by atomic mass is 10.1. The summed E-state index contributed by atoms with van der Waals surface area (Å²) >= 11 is 1.66. The van der Waals surface area contributed by atoms with Gasteiger partial charge >= 0.3 is 0 Å². The number of pyridine rings is 1. The largest absolute Gasteiger partial charge is 0.497 e. The first-order valence-electron chi connectivity index (χ1n) is 8.08. The van der Waals surface area contributed by atoms with E-state index in [0.29, 0.717) is 0 Å². The summed E-state index contributed by atoms with van der Waals surface area (Å²) in [6.45, 7) is 1.61. The minimum absolute atomic E-state index is 0.740. The van der Waals surface area contributed by atoms with Crippen molar-refractivity contribution < 1.29 is 9.47 Å². The Bertz CT molecular complexity index is 805. The summed E-state index contributed by atoms with van der Waals surface area (Å²) < 4.78 is 10.8. The van der Waals surface area contributed by atoms with Gasteiger partial charge in [0.2, 0.25) is 0 Å². The SMILES string of the molecule is COc1ccc(OC)c(-c2cnc(CNCCc3ccccn3)s2)c1. The molecule has 0 aliphatic rings. The molecule has 130 valence electrons. The predicted octanol–water partition coefficient (Wildman–Crippen LogP) is 3.55. The zero-order valence-corrected chi connectivity index (χ0v) is 15.2. The van der Waals surface area contributed by atoms with Crippen LogP contribution in [0.25, 0.3) is 10.4 Å². The molecule has 25 heavy (non-hydrogen) atoms. The number of aromatic nitrogens is 2. The van der Waals surface area contributed by atoms with Crippen LogP contribution in [0.4, 0.5) is 0 Å². The quantitative estimate of drug-likeness (QED) is 0.626. The van der Waals surface area contributed by atoms with Gasteiger partial charge in [-0.3, -0.25) is 4.98 Å². The van der Waals surface area contributed by atoms with Crippen LogP contribution >= 0.6 is 11.3 Å². The topological polar surface area (TPSA) is 56.3 Å². The number of nitrogens with zero attached hydrogens (tertiary/aromatic N) is 2. The van der Waals surface area contributed by atoms with Gasteiger partial charge < -0.3 is 14.8 Å². The third-order valence-corrected chi connectivity index (χ3v) is 4.82. The first-order chi connectivity index (χ1) is 12.3. The number of hydrogen-bond donors (Lipinski definition) is 1. The van der Waals surface area contributed by atoms with Crippen molar-refractivity contribution in [3.8, 4) is 21.9 Å². The average molecular weight is 355 g/mol. The maximum Gasteiger partial charge on any atom is 0.127 e. The summed E-state index contributed by atoms with van der Waals surface area (Å²) in [4.78, 5) is 9.90. The van der Waals surface area contributed by atoms with Crippen LogP contribution in [-0.4, -0.2) is 30.7 Å². The van der Waals surface area contributed by atoms with E-state index in [1.807, 2.05) is 48.8 Å². The van der Waals surface area contributed by atoms with Gasteiger partial charge in [0, 0.05) is 43.2 Å². The molecule has 0 saturated carbocycles. The Balaban J connectivity index is 1.61. The molecule has 0 saturated heterocycles. The monoisotopic (exact) mass is 355 g/mol. The van der Waals surface area contributed by atoms with Gasteiger partial charge in [-0.15, -0.1) is 11.3 Å². The van der Waals surface area contributed by atoms with Gasteiger partial charge in [0.25, 0.3) is 0 Å². The molecule has 0 unspecified atom stereocenters. The minimum Gasteiger partial charge on any atom is -0.497 e. The number of thiazole rings is 1. The third-order valence-electron chi connectivity index (χ3n) is 3.79. The normalized spacial score (nSPS) is 10.6. The Morgan fingerprint density at radius 2 is 2.00 bits per heavy atom. The van der Waals surface area contributed by atoms with E-state index in [1.54, 1.807) is 25.6 Å². The van der Waals surface area contributed by atoms with Crippen LogP contribution in [0, 0.1) is 0 Å². The Morgan fingerprint density at radius 1 is 1.08 bits per heavy atom. The van der Waals surface area contributed by atoms with Crippen molar-refractivity contribution in [2.75, 3.05) is 20.8 Å². The highest BCUT2D eigenvalue weighted by Gasteiger charge is 2.11. The Hall–Kier alpha value is -2.44. The van der Waals surface area contributed by atoms with E-state index in [4.69, 9.17) is 9.47 Å². The summed E-state index contributed by atoms with van der Waals surface area (Å²) in [5.41, 5.74) is 2.09. The molecular weight excluding hydrogens is 334 g/mol. The molecule has 2 heterocycles. The molecule has 0 aliphatic heterocycles. The second-order valence-corrected chi connectivity index (χ2v) is 6.55. The molecule has 1 aromatic carbocycles. The standard InChI is InChI=1S/C19H21N3O2S/c1-23-15-6-7-17(24-2)16(11-15)18-12-22-19(25-18)13-20-10-8-14-5-3-4-9-21-14/h3-7,9,11-12,20H,8,10,13H2,1-2H3. The first kappa shape index (κ1) is 17.4. The van der Waals surface area contributed by atoms with Crippen molar-refractivity contribution in [1.82, 2.24) is 15.3 Å². The van der Waals surface area contributed by atoms with Crippen molar-refractivity contribution >= 4 is 11.3 Å². The fourth-order valence-electron chi connectivity index (χ4n) is 2.48. The smallest absolute Gasteiger partial charge is 0.127 e. The number of methoxy groups -OCH3 is 2. The second kappa shape index (κ2) is 8.60. The lowest BCUT2D eigenvalue weighted by Gasteiger charge is -2.08. The van der Waals surface area contributed by atoms with Crippen molar-refractivity contribution in [2.24, 2.45) is 0 Å². The van der Waals surface area contributed by atoms with E-state index in [-0.39, 0.29) is 0 Å². The highest BCUT2D eigenvalue weighted by molar-refractivity contribution is 7.15. The summed E-state index contributed by atoms with van der Waals surface area (Å²) in [6.07, 6.45) is 4.62. The van der Waals surface area contributed by atoms with Crippen LogP contribution in [0.1, 0.15) is 10.7 Å². The maximum absolute atomic E-state index is 5.46. The molecule has 0 radical (unpaired) electrons. The highest BCUT2D eigenvalue weighted by atomic mass is 32.1. The Labute approximate surface area is 151 Å². The van der Waals surface area contributed by atoms with E-state index >= 15 is 0 Å². The van der Waals surface area contributed by atoms with E-state index in [0.717, 1.165) is 52.2 Å². The zero-order chi connectivity index (χ0) is 17.5. The molecule has 0 bridgehead atoms. The van der Waals surface area contributed by atoms with E-state index in [9.17, 15) is 0 Å². The van der Waals surface area contributed by atoms with Gasteiger partial charge in [-0.2, -0.15) is 0 Å². The van der Waals surface area contributed by atoms with Gasteiger partial charge in [0.15, 0.2) is 0 Å². The molecule has 3 rings (SSSR count). The molecular formula is C19H21N3O2S. The van der Waals surface area contributed by atoms with Crippen LogP contribution in [0.15, 0.2) is 48.8 Å². The zero-order valence-electron chi connectivity index (χ0n) is 14.4. The number of nitrogens with one attached hydrogen (secondary N) is 1. The predicted molar refractivity (Wildman–Crippen MR) is 100 cm³/mol. The molecule has 0 amide bonds. The molecule has 1 N–H and O–H groups in total. The summed E-state index contributed by atoms with van der Waals surface area (Å²) in [5.74, 6) is 1.62. The van der Waals surface area contributed by atoms with Gasteiger partial charge in [-0.25, -0.2) is 4.98 Å². The van der Waals surface area contributed by atoms with E-state index in [1.165, 1.54) is 0 Å². The highest BCUT2D eigenvalue weighted by Crippen LogP contribution is 2.36. The average Bonchev–Trinajstić information content (AvgIpc) is 3.14. The summed E-state index contributed by atoms with van der Waals surface area (Å²) in [6, 6.07) is 11.8. The number of hydrogen-bond acceptors (Lipinski definition) is 6. The lowest BCUT2D eigenvalue weighted by molar-refractivity contribution is 0.404. The molecule has 0 aliphatic carbocycles. The maximum atomic E-state index is 5.46. The van der Waals surface area contributed by atoms with Crippen LogP contribution in [0.3, 0.4) is 0 Å². The van der Waals surface area contributed by atoms with Crippen molar-refractivity contribution in [2.45, 2.75) is 13.0 Å². The van der Waals surface area contributed by atoms with Crippen molar-refractivity contribution in [3.63, 3.8) is 0 Å². The molecule has 6 heteroatoms. The molecule has 5 nitrogen and oxygen atoms in total. The first-order valence-corrected chi connectivity index (χ1v) is 8.89. The Morgan fingerprint density at radius 3 is 2.76 bits per heavy atom. The lowest BCUT2D eigenvalue weighted by Crippen LogP contribution is -2.16. The molecule has 0 fully saturated rings. The Kier molecular flexibility index (Phi) is 5.98. The summed E-state index contributed by atoms with van der Waals surface area (Å²) in [5, 5.41) is 4.46. The molecule has 0 atom stereocenters. The molecule has 3 aromatic rings. The minimum atomic E-state index is 0.740. The van der Waals surface area contributed by atoms with Crippen molar-refractivity contribution in [3.05, 3.63) is 59.5 Å². The number of benzene rings is 1. The second-order valence-electron chi connectivity index (χ2n) is 5.43. The molecule has 0 spiro atoms. The number of ether oxygens (including phenoxy) is 2. The van der Waals surface area contributed by atoms with Crippen LogP contribution in [0.5, 0.6) is 11.5 Å². The third kappa shape index (κ3) is 4.55. The summed E-state index contributed by atoms with van der Waals surface area (Å²) in [7, 11) is 3.33. The van der Waals surface area contributed by atoms with Gasteiger partial charge in [0.1, 0.15) is 16.5 Å². The van der Waals surface area contributed by atoms with Crippen LogP contribution in [-0.2, 0) is 13.0 Å². The van der Waals surface area contributed by atoms with E-state index in [2.05, 4.69) is 15.3 Å². The van der Waals surface area contributed by atoms with Gasteiger partial charge in [-0.1, -0.05) is 6.07 Å². The number of rotatable bonds is 8. The fourth-order valence-corrected chi connectivity index (χ4v) is 3.39.